The monoisotopic (exact) mass is 261 g/mol. The first-order valence-corrected chi connectivity index (χ1v) is 5.85. The number of nitrogens with zero attached hydrogens (tertiary/aromatic N) is 2. The van der Waals surface area contributed by atoms with Crippen LogP contribution in [0.2, 0.25) is 5.02 Å². The van der Waals surface area contributed by atoms with Crippen molar-refractivity contribution in [3.63, 3.8) is 0 Å². The highest BCUT2D eigenvalue weighted by atomic mass is 35.5. The Hall–Kier alpha value is -1.99. The molecule has 18 heavy (non-hydrogen) atoms. The quantitative estimate of drug-likeness (QED) is 0.919. The molecule has 0 spiro atoms. The minimum Gasteiger partial charge on any atom is -0.381 e. The van der Waals surface area contributed by atoms with E-state index in [1.165, 1.54) is 0 Å². The second kappa shape index (κ2) is 5.11. The maximum Gasteiger partial charge on any atom is 0.138 e. The molecule has 0 radical (unpaired) electrons. The fraction of sp³-hybridized carbons (Fsp3) is 0.231. The molecule has 0 saturated carbocycles. The fourth-order valence-corrected chi connectivity index (χ4v) is 1.83. The average molecular weight is 262 g/mol. The molecular formula is C13H12ClN3O. The van der Waals surface area contributed by atoms with Gasteiger partial charge < -0.3 is 9.84 Å². The number of benzene rings is 1. The summed E-state index contributed by atoms with van der Waals surface area (Å²) in [5.41, 5.74) is 3.20. The summed E-state index contributed by atoms with van der Waals surface area (Å²) < 4.78 is 5.08. The number of rotatable bonds is 3. The molecule has 0 amide bonds. The molecule has 0 aliphatic heterocycles. The Morgan fingerprint density at radius 3 is 2.83 bits per heavy atom. The molecule has 92 valence electrons. The first-order valence-electron chi connectivity index (χ1n) is 5.47. The van der Waals surface area contributed by atoms with Gasteiger partial charge in [-0.25, -0.2) is 0 Å². The molecule has 1 aromatic carbocycles. The summed E-state index contributed by atoms with van der Waals surface area (Å²) in [5.74, 6) is 0.800. The number of nitrogens with one attached hydrogen (secondary N) is 1. The molecule has 2 rings (SSSR count). The van der Waals surface area contributed by atoms with E-state index in [4.69, 9.17) is 21.4 Å². The van der Waals surface area contributed by atoms with E-state index in [1.54, 1.807) is 12.1 Å². The van der Waals surface area contributed by atoms with E-state index in [0.29, 0.717) is 17.1 Å². The van der Waals surface area contributed by atoms with Crippen LogP contribution in [0.15, 0.2) is 22.7 Å². The van der Waals surface area contributed by atoms with E-state index >= 15 is 0 Å². The maximum absolute atomic E-state index is 8.90. The average Bonchev–Trinajstić information content (AvgIpc) is 2.68. The molecule has 0 aliphatic rings. The standard InChI is InChI=1S/C13H12ClN3O/c1-8-12(9(2)18-17-8)7-16-11-3-4-13(14)10(5-11)6-15/h3-5,16H,7H2,1-2H3. The fourth-order valence-electron chi connectivity index (χ4n) is 1.67. The maximum atomic E-state index is 8.90. The normalized spacial score (nSPS) is 10.1. The van der Waals surface area contributed by atoms with Crippen LogP contribution in [0.1, 0.15) is 22.6 Å². The summed E-state index contributed by atoms with van der Waals surface area (Å²) in [7, 11) is 0. The van der Waals surface area contributed by atoms with Crippen molar-refractivity contribution in [2.45, 2.75) is 20.4 Å². The van der Waals surface area contributed by atoms with Gasteiger partial charge in [0.05, 0.1) is 16.3 Å². The lowest BCUT2D eigenvalue weighted by Crippen LogP contribution is -2.01. The number of aromatic nitrogens is 1. The minimum absolute atomic E-state index is 0.459. The Bertz CT molecular complexity index is 594. The SMILES string of the molecule is Cc1noc(C)c1CNc1ccc(Cl)c(C#N)c1. The van der Waals surface area contributed by atoms with Crippen molar-refractivity contribution in [3.05, 3.63) is 45.8 Å². The molecule has 0 unspecified atom stereocenters. The molecule has 0 saturated heterocycles. The van der Waals surface area contributed by atoms with Gasteiger partial charge in [-0.05, 0) is 32.0 Å². The lowest BCUT2D eigenvalue weighted by molar-refractivity contribution is 0.392. The van der Waals surface area contributed by atoms with E-state index in [-0.39, 0.29) is 0 Å². The first-order chi connectivity index (χ1) is 8.61. The number of hydrogen-bond donors (Lipinski definition) is 1. The van der Waals surface area contributed by atoms with Gasteiger partial charge in [0.25, 0.3) is 0 Å². The van der Waals surface area contributed by atoms with E-state index in [2.05, 4.69) is 10.5 Å². The molecule has 1 aromatic heterocycles. The lowest BCUT2D eigenvalue weighted by atomic mass is 10.2. The van der Waals surface area contributed by atoms with Crippen LogP contribution in [-0.2, 0) is 6.54 Å². The lowest BCUT2D eigenvalue weighted by Gasteiger charge is -2.06. The zero-order valence-electron chi connectivity index (χ0n) is 10.1. The van der Waals surface area contributed by atoms with Gasteiger partial charge in [-0.2, -0.15) is 5.26 Å². The molecule has 1 heterocycles. The summed E-state index contributed by atoms with van der Waals surface area (Å²) >= 11 is 5.87. The van der Waals surface area contributed by atoms with Crippen molar-refractivity contribution < 1.29 is 4.52 Å². The molecule has 0 atom stereocenters. The van der Waals surface area contributed by atoms with Gasteiger partial charge in [0.2, 0.25) is 0 Å². The van der Waals surface area contributed by atoms with Crippen molar-refractivity contribution in [2.75, 3.05) is 5.32 Å². The van der Waals surface area contributed by atoms with Crippen molar-refractivity contribution in [1.29, 1.82) is 5.26 Å². The molecule has 0 fully saturated rings. The predicted molar refractivity (Wildman–Crippen MR) is 69.5 cm³/mol. The summed E-state index contributed by atoms with van der Waals surface area (Å²) in [6.45, 7) is 4.38. The Labute approximate surface area is 110 Å². The summed E-state index contributed by atoms with van der Waals surface area (Å²) in [6, 6.07) is 7.31. The number of anilines is 1. The predicted octanol–water partition coefficient (Wildman–Crippen LogP) is 3.43. The first kappa shape index (κ1) is 12.5. The van der Waals surface area contributed by atoms with E-state index in [9.17, 15) is 0 Å². The smallest absolute Gasteiger partial charge is 0.138 e. The van der Waals surface area contributed by atoms with Crippen LogP contribution in [-0.4, -0.2) is 5.16 Å². The van der Waals surface area contributed by atoms with Gasteiger partial charge in [-0.15, -0.1) is 0 Å². The van der Waals surface area contributed by atoms with Crippen LogP contribution >= 0.6 is 11.6 Å². The number of halogens is 1. The van der Waals surface area contributed by atoms with Crippen molar-refractivity contribution in [2.24, 2.45) is 0 Å². The van der Waals surface area contributed by atoms with Crippen molar-refractivity contribution in [3.8, 4) is 6.07 Å². The summed E-state index contributed by atoms with van der Waals surface area (Å²) in [6.07, 6.45) is 0. The number of nitriles is 1. The molecule has 4 nitrogen and oxygen atoms in total. The van der Waals surface area contributed by atoms with Crippen LogP contribution in [0, 0.1) is 25.2 Å². The molecule has 0 bridgehead atoms. The van der Waals surface area contributed by atoms with Gasteiger partial charge in [-0.1, -0.05) is 16.8 Å². The van der Waals surface area contributed by atoms with Gasteiger partial charge in [0.15, 0.2) is 0 Å². The molecule has 0 aliphatic carbocycles. The van der Waals surface area contributed by atoms with E-state index in [0.717, 1.165) is 22.7 Å². The van der Waals surface area contributed by atoms with Gasteiger partial charge >= 0.3 is 0 Å². The Balaban J connectivity index is 2.14. The largest absolute Gasteiger partial charge is 0.381 e. The Morgan fingerprint density at radius 2 is 2.22 bits per heavy atom. The second-order valence-corrected chi connectivity index (χ2v) is 4.37. The highest BCUT2D eigenvalue weighted by Gasteiger charge is 2.08. The van der Waals surface area contributed by atoms with Crippen LogP contribution in [0.3, 0.4) is 0 Å². The minimum atomic E-state index is 0.459. The van der Waals surface area contributed by atoms with Gasteiger partial charge in [0.1, 0.15) is 11.8 Å². The second-order valence-electron chi connectivity index (χ2n) is 3.96. The molecule has 2 aromatic rings. The summed E-state index contributed by atoms with van der Waals surface area (Å²) in [5, 5.41) is 16.5. The van der Waals surface area contributed by atoms with Gasteiger partial charge in [-0.3, -0.25) is 0 Å². The third kappa shape index (κ3) is 2.47. The summed E-state index contributed by atoms with van der Waals surface area (Å²) in [4.78, 5) is 0. The third-order valence-corrected chi connectivity index (χ3v) is 3.07. The highest BCUT2D eigenvalue weighted by molar-refractivity contribution is 6.31. The van der Waals surface area contributed by atoms with E-state index in [1.807, 2.05) is 26.0 Å². The number of hydrogen-bond acceptors (Lipinski definition) is 4. The topological polar surface area (TPSA) is 61.9 Å². The molecular weight excluding hydrogens is 250 g/mol. The van der Waals surface area contributed by atoms with Crippen molar-refractivity contribution in [1.82, 2.24) is 5.16 Å². The zero-order valence-corrected chi connectivity index (χ0v) is 10.9. The molecule has 1 N–H and O–H groups in total. The Morgan fingerprint density at radius 1 is 1.44 bits per heavy atom. The van der Waals surface area contributed by atoms with Crippen LogP contribution < -0.4 is 5.32 Å². The van der Waals surface area contributed by atoms with Crippen LogP contribution in [0.5, 0.6) is 0 Å². The van der Waals surface area contributed by atoms with Crippen molar-refractivity contribution >= 4 is 17.3 Å². The number of aryl methyl sites for hydroxylation is 2. The van der Waals surface area contributed by atoms with Crippen LogP contribution in [0.25, 0.3) is 0 Å². The Kier molecular flexibility index (Phi) is 3.54. The molecule has 5 heteroatoms. The van der Waals surface area contributed by atoms with Crippen LogP contribution in [0.4, 0.5) is 5.69 Å². The van der Waals surface area contributed by atoms with E-state index < -0.39 is 0 Å². The zero-order chi connectivity index (χ0) is 13.1. The third-order valence-electron chi connectivity index (χ3n) is 2.74. The highest BCUT2D eigenvalue weighted by Crippen LogP contribution is 2.21. The van der Waals surface area contributed by atoms with Gasteiger partial charge in [0, 0.05) is 17.8 Å².